The molecule has 1 fully saturated rings. The molecule has 1 aromatic rings. The Morgan fingerprint density at radius 1 is 1.20 bits per heavy atom. The minimum absolute atomic E-state index is 0.0501. The molecule has 1 aliphatic rings. The predicted molar refractivity (Wildman–Crippen MR) is 78.0 cm³/mol. The molecule has 2 rings (SSSR count). The zero-order chi connectivity index (χ0) is 14.5. The van der Waals surface area contributed by atoms with Gasteiger partial charge in [0, 0.05) is 17.4 Å². The van der Waals surface area contributed by atoms with Crippen molar-refractivity contribution in [2.24, 2.45) is 5.73 Å². The summed E-state index contributed by atoms with van der Waals surface area (Å²) in [6.45, 7) is -0.0501. The summed E-state index contributed by atoms with van der Waals surface area (Å²) in [4.78, 5) is 25.0. The van der Waals surface area contributed by atoms with E-state index < -0.39 is 5.91 Å². The summed E-state index contributed by atoms with van der Waals surface area (Å²) < 4.78 is 0. The van der Waals surface area contributed by atoms with Crippen LogP contribution in [0.1, 0.15) is 25.7 Å². The van der Waals surface area contributed by atoms with Crippen molar-refractivity contribution in [2.75, 3.05) is 17.6 Å². The fourth-order valence-electron chi connectivity index (χ4n) is 2.51. The monoisotopic (exact) mass is 276 g/mol. The first-order valence-corrected chi connectivity index (χ1v) is 6.78. The van der Waals surface area contributed by atoms with E-state index in [2.05, 4.69) is 5.32 Å². The van der Waals surface area contributed by atoms with Crippen LogP contribution in [0.15, 0.2) is 24.3 Å². The average molecular weight is 276 g/mol. The van der Waals surface area contributed by atoms with Crippen LogP contribution in [0, 0.1) is 0 Å². The van der Waals surface area contributed by atoms with Gasteiger partial charge < -0.3 is 21.7 Å². The van der Waals surface area contributed by atoms with E-state index in [4.69, 9.17) is 11.5 Å². The highest BCUT2D eigenvalue weighted by atomic mass is 16.2. The lowest BCUT2D eigenvalue weighted by atomic mass is 10.2. The lowest BCUT2D eigenvalue weighted by Crippen LogP contribution is -2.46. The minimum atomic E-state index is -0.496. The third-order valence-corrected chi connectivity index (χ3v) is 3.51. The highest BCUT2D eigenvalue weighted by Gasteiger charge is 2.27. The van der Waals surface area contributed by atoms with E-state index in [1.807, 2.05) is 0 Å². The number of nitrogen functional groups attached to an aromatic ring is 1. The summed E-state index contributed by atoms with van der Waals surface area (Å²) in [6, 6.07) is 6.68. The van der Waals surface area contributed by atoms with Crippen LogP contribution in [0.5, 0.6) is 0 Å². The topological polar surface area (TPSA) is 101 Å². The van der Waals surface area contributed by atoms with Crippen LogP contribution in [0.2, 0.25) is 0 Å². The van der Waals surface area contributed by atoms with Gasteiger partial charge in [-0.1, -0.05) is 12.8 Å². The Kier molecular flexibility index (Phi) is 4.45. The molecule has 0 heterocycles. The molecule has 0 bridgehead atoms. The fourth-order valence-corrected chi connectivity index (χ4v) is 2.51. The molecule has 1 aliphatic carbocycles. The van der Waals surface area contributed by atoms with Crippen LogP contribution < -0.4 is 16.8 Å². The Balaban J connectivity index is 2.05. The van der Waals surface area contributed by atoms with Gasteiger partial charge in [0.25, 0.3) is 0 Å². The third kappa shape index (κ3) is 3.63. The maximum atomic E-state index is 12.3. The molecule has 0 aromatic heterocycles. The van der Waals surface area contributed by atoms with E-state index in [-0.39, 0.29) is 18.6 Å². The van der Waals surface area contributed by atoms with E-state index in [0.717, 1.165) is 25.7 Å². The number of amides is 3. The second-order valence-corrected chi connectivity index (χ2v) is 5.08. The van der Waals surface area contributed by atoms with Gasteiger partial charge in [-0.2, -0.15) is 0 Å². The Hall–Kier alpha value is -2.24. The van der Waals surface area contributed by atoms with E-state index in [9.17, 15) is 9.59 Å². The first-order valence-electron chi connectivity index (χ1n) is 6.78. The van der Waals surface area contributed by atoms with Gasteiger partial charge in [-0.25, -0.2) is 4.79 Å². The molecule has 0 spiro atoms. The summed E-state index contributed by atoms with van der Waals surface area (Å²) in [5.74, 6) is -0.496. The number of nitrogens with one attached hydrogen (secondary N) is 1. The zero-order valence-corrected chi connectivity index (χ0v) is 11.3. The summed E-state index contributed by atoms with van der Waals surface area (Å²) in [7, 11) is 0. The van der Waals surface area contributed by atoms with Crippen molar-refractivity contribution in [1.82, 2.24) is 4.90 Å². The van der Waals surface area contributed by atoms with Crippen LogP contribution in [0.25, 0.3) is 0 Å². The number of nitrogens with two attached hydrogens (primary N) is 2. The Morgan fingerprint density at radius 2 is 1.80 bits per heavy atom. The van der Waals surface area contributed by atoms with Crippen LogP contribution in [0.4, 0.5) is 16.2 Å². The number of nitrogens with zero attached hydrogens (tertiary/aromatic N) is 1. The van der Waals surface area contributed by atoms with Gasteiger partial charge in [0.2, 0.25) is 5.91 Å². The minimum Gasteiger partial charge on any atom is -0.399 e. The Labute approximate surface area is 118 Å². The van der Waals surface area contributed by atoms with Gasteiger partial charge >= 0.3 is 6.03 Å². The van der Waals surface area contributed by atoms with Crippen LogP contribution in [0.3, 0.4) is 0 Å². The highest BCUT2D eigenvalue weighted by Crippen LogP contribution is 2.24. The molecule has 0 aliphatic heterocycles. The second kappa shape index (κ2) is 6.27. The molecule has 6 heteroatoms. The molecule has 3 amide bonds. The van der Waals surface area contributed by atoms with Crippen molar-refractivity contribution >= 4 is 23.3 Å². The van der Waals surface area contributed by atoms with Crippen LogP contribution in [-0.4, -0.2) is 29.4 Å². The second-order valence-electron chi connectivity index (χ2n) is 5.08. The van der Waals surface area contributed by atoms with Crippen LogP contribution >= 0.6 is 0 Å². The number of hydrogen-bond acceptors (Lipinski definition) is 3. The van der Waals surface area contributed by atoms with Gasteiger partial charge in [0.05, 0.1) is 0 Å². The Morgan fingerprint density at radius 3 is 2.35 bits per heavy atom. The molecular weight excluding hydrogens is 256 g/mol. The summed E-state index contributed by atoms with van der Waals surface area (Å²) >= 11 is 0. The van der Waals surface area contributed by atoms with Gasteiger partial charge in [-0.05, 0) is 37.1 Å². The lowest BCUT2D eigenvalue weighted by Gasteiger charge is -2.27. The van der Waals surface area contributed by atoms with Crippen molar-refractivity contribution in [3.63, 3.8) is 0 Å². The molecular formula is C14H20N4O2. The van der Waals surface area contributed by atoms with Gasteiger partial charge in [-0.15, -0.1) is 0 Å². The van der Waals surface area contributed by atoms with Gasteiger partial charge in [-0.3, -0.25) is 4.79 Å². The molecule has 0 radical (unpaired) electrons. The van der Waals surface area contributed by atoms with E-state index in [0.29, 0.717) is 11.4 Å². The molecule has 5 N–H and O–H groups in total. The van der Waals surface area contributed by atoms with Crippen molar-refractivity contribution in [1.29, 1.82) is 0 Å². The standard InChI is InChI=1S/C14H20N4O2/c15-10-5-7-11(8-6-10)17-14(20)18(9-13(16)19)12-3-1-2-4-12/h5-8,12H,1-4,9,15H2,(H2,16,19)(H,17,20). The number of primary amides is 1. The van der Waals surface area contributed by atoms with E-state index in [1.165, 1.54) is 4.90 Å². The predicted octanol–water partition coefficient (Wildman–Crippen LogP) is 1.53. The maximum absolute atomic E-state index is 12.3. The van der Waals surface area contributed by atoms with E-state index in [1.54, 1.807) is 24.3 Å². The number of urea groups is 1. The van der Waals surface area contributed by atoms with Crippen molar-refractivity contribution in [3.8, 4) is 0 Å². The highest BCUT2D eigenvalue weighted by molar-refractivity contribution is 5.92. The number of benzene rings is 1. The summed E-state index contributed by atoms with van der Waals surface area (Å²) in [5, 5.41) is 2.78. The zero-order valence-electron chi connectivity index (χ0n) is 11.3. The summed E-state index contributed by atoms with van der Waals surface area (Å²) in [5.41, 5.74) is 12.1. The third-order valence-electron chi connectivity index (χ3n) is 3.51. The molecule has 0 unspecified atom stereocenters. The first kappa shape index (κ1) is 14.2. The average Bonchev–Trinajstić information content (AvgIpc) is 2.92. The molecule has 0 saturated heterocycles. The molecule has 1 aromatic carbocycles. The number of carbonyl (C=O) groups excluding carboxylic acids is 2. The summed E-state index contributed by atoms with van der Waals surface area (Å²) in [6.07, 6.45) is 4.00. The smallest absolute Gasteiger partial charge is 0.322 e. The normalized spacial score (nSPS) is 15.0. The number of anilines is 2. The van der Waals surface area contributed by atoms with Crippen LogP contribution in [-0.2, 0) is 4.79 Å². The van der Waals surface area contributed by atoms with E-state index >= 15 is 0 Å². The Bertz CT molecular complexity index is 480. The number of hydrogen-bond donors (Lipinski definition) is 3. The van der Waals surface area contributed by atoms with Crippen molar-refractivity contribution in [2.45, 2.75) is 31.7 Å². The largest absolute Gasteiger partial charge is 0.399 e. The SMILES string of the molecule is NC(=O)CN(C(=O)Nc1ccc(N)cc1)C1CCCC1. The fraction of sp³-hybridized carbons (Fsp3) is 0.429. The van der Waals surface area contributed by atoms with Crippen molar-refractivity contribution < 1.29 is 9.59 Å². The molecule has 20 heavy (non-hydrogen) atoms. The number of rotatable bonds is 4. The molecule has 108 valence electrons. The number of carbonyl (C=O) groups is 2. The lowest BCUT2D eigenvalue weighted by molar-refractivity contribution is -0.118. The quantitative estimate of drug-likeness (QED) is 0.727. The molecule has 0 atom stereocenters. The van der Waals surface area contributed by atoms with Gasteiger partial charge in [0.1, 0.15) is 6.54 Å². The maximum Gasteiger partial charge on any atom is 0.322 e. The first-order chi connectivity index (χ1) is 9.56. The van der Waals surface area contributed by atoms with Gasteiger partial charge in [0.15, 0.2) is 0 Å². The molecule has 6 nitrogen and oxygen atoms in total. The van der Waals surface area contributed by atoms with Crippen molar-refractivity contribution in [3.05, 3.63) is 24.3 Å². The molecule has 1 saturated carbocycles.